The highest BCUT2D eigenvalue weighted by Crippen LogP contribution is 2.40. The van der Waals surface area contributed by atoms with Crippen LogP contribution >= 0.6 is 11.3 Å². The Hall–Kier alpha value is -1.02. The summed E-state index contributed by atoms with van der Waals surface area (Å²) >= 11 is 1.88. The van der Waals surface area contributed by atoms with E-state index in [0.29, 0.717) is 5.92 Å². The predicted octanol–water partition coefficient (Wildman–Crippen LogP) is 4.77. The third kappa shape index (κ3) is 2.27. The van der Waals surface area contributed by atoms with Crippen molar-refractivity contribution in [3.63, 3.8) is 0 Å². The van der Waals surface area contributed by atoms with Crippen LogP contribution in [0.5, 0.6) is 0 Å². The van der Waals surface area contributed by atoms with Gasteiger partial charge in [-0.25, -0.2) is 0 Å². The topological polar surface area (TPSA) is 0 Å². The zero-order valence-corrected chi connectivity index (χ0v) is 12.8. The zero-order chi connectivity index (χ0) is 13.4. The molecule has 2 heteroatoms. The normalized spacial score (nSPS) is 22.9. The molecule has 0 N–H and O–H groups in total. The molecule has 1 radical (unpaired) electrons. The molecule has 3 rings (SSSR count). The fourth-order valence-electron chi connectivity index (χ4n) is 3.12. The van der Waals surface area contributed by atoms with Gasteiger partial charge in [-0.3, -0.25) is 0 Å². The summed E-state index contributed by atoms with van der Waals surface area (Å²) in [5.74, 6) is 3.57. The Morgan fingerprint density at radius 2 is 1.84 bits per heavy atom. The highest BCUT2D eigenvalue weighted by atomic mass is 32.1. The lowest BCUT2D eigenvalue weighted by Gasteiger charge is -2.27. The van der Waals surface area contributed by atoms with Crippen molar-refractivity contribution in [2.24, 2.45) is 0 Å². The van der Waals surface area contributed by atoms with Gasteiger partial charge in [0.2, 0.25) is 0 Å². The maximum absolute atomic E-state index is 2.46. The minimum Gasteiger partial charge on any atom is -0.144 e. The van der Waals surface area contributed by atoms with Gasteiger partial charge in [-0.15, -0.1) is 23.4 Å². The number of allylic oxidation sites excluding steroid dienone is 1. The van der Waals surface area contributed by atoms with Gasteiger partial charge in [0.05, 0.1) is 0 Å². The lowest BCUT2D eigenvalue weighted by Crippen LogP contribution is -2.13. The Kier molecular flexibility index (Phi) is 3.53. The van der Waals surface area contributed by atoms with Crippen LogP contribution in [0.1, 0.15) is 56.6 Å². The van der Waals surface area contributed by atoms with Crippen molar-refractivity contribution in [3.05, 3.63) is 40.7 Å². The van der Waals surface area contributed by atoms with Crippen LogP contribution in [0, 0.1) is 0 Å². The molecule has 0 spiro atoms. The van der Waals surface area contributed by atoms with Crippen LogP contribution in [0.25, 0.3) is 10.1 Å². The van der Waals surface area contributed by atoms with E-state index in [9.17, 15) is 0 Å². The molecule has 0 bridgehead atoms. The molecule has 0 fully saturated rings. The minimum absolute atomic E-state index is 0.713. The molecule has 0 amide bonds. The molecule has 0 nitrogen and oxygen atoms in total. The van der Waals surface area contributed by atoms with Crippen LogP contribution < -0.4 is 5.46 Å². The quantitative estimate of drug-likeness (QED) is 0.688. The van der Waals surface area contributed by atoms with Crippen LogP contribution in [-0.4, -0.2) is 7.28 Å². The summed E-state index contributed by atoms with van der Waals surface area (Å²) in [7, 11) is 2.22. The molecule has 0 saturated heterocycles. The molecule has 1 aromatic heterocycles. The van der Waals surface area contributed by atoms with E-state index in [4.69, 9.17) is 0 Å². The molecule has 2 unspecified atom stereocenters. The van der Waals surface area contributed by atoms with Crippen LogP contribution in [0.4, 0.5) is 0 Å². The summed E-state index contributed by atoms with van der Waals surface area (Å²) < 4.78 is 1.44. The summed E-state index contributed by atoms with van der Waals surface area (Å²) in [5.41, 5.74) is 4.54. The van der Waals surface area contributed by atoms with E-state index >= 15 is 0 Å². The molecule has 2 atom stereocenters. The number of thiophene rings is 1. The van der Waals surface area contributed by atoms with E-state index in [1.807, 2.05) is 11.3 Å². The van der Waals surface area contributed by atoms with E-state index in [-0.39, 0.29) is 0 Å². The first-order valence-corrected chi connectivity index (χ1v) is 8.09. The fourth-order valence-corrected chi connectivity index (χ4v) is 4.08. The zero-order valence-electron chi connectivity index (χ0n) is 11.9. The second kappa shape index (κ2) is 5.17. The number of hydrogen-bond donors (Lipinski definition) is 0. The number of hydrogen-bond acceptors (Lipinski definition) is 1. The third-order valence-electron chi connectivity index (χ3n) is 4.37. The van der Waals surface area contributed by atoms with Gasteiger partial charge in [0.25, 0.3) is 0 Å². The van der Waals surface area contributed by atoms with Gasteiger partial charge in [-0.1, -0.05) is 25.4 Å². The largest absolute Gasteiger partial charge is 0.182 e. The second-order valence-corrected chi connectivity index (χ2v) is 6.65. The first-order valence-electron chi connectivity index (χ1n) is 7.21. The molecule has 0 aliphatic heterocycles. The van der Waals surface area contributed by atoms with Crippen LogP contribution in [0.2, 0.25) is 0 Å². The van der Waals surface area contributed by atoms with Gasteiger partial charge in [0.1, 0.15) is 0 Å². The van der Waals surface area contributed by atoms with Crippen LogP contribution in [-0.2, 0) is 0 Å². The smallest absolute Gasteiger partial charge is 0.144 e. The van der Waals surface area contributed by atoms with Crippen molar-refractivity contribution in [1.29, 1.82) is 0 Å². The predicted molar refractivity (Wildman–Crippen MR) is 88.1 cm³/mol. The van der Waals surface area contributed by atoms with Gasteiger partial charge in [-0.2, -0.15) is 0 Å². The summed E-state index contributed by atoms with van der Waals surface area (Å²) in [4.78, 5) is 0. The second-order valence-electron chi connectivity index (χ2n) is 5.74. The number of rotatable bonds is 2. The summed E-state index contributed by atoms with van der Waals surface area (Å²) in [6, 6.07) is 4.90. The third-order valence-corrected chi connectivity index (χ3v) is 5.34. The Morgan fingerprint density at radius 1 is 1.16 bits per heavy atom. The fraction of sp³-hybridized carbons (Fsp3) is 0.412. The maximum Gasteiger partial charge on any atom is 0.182 e. The van der Waals surface area contributed by atoms with Crippen molar-refractivity contribution in [1.82, 2.24) is 0 Å². The Balaban J connectivity index is 2.14. The highest BCUT2D eigenvalue weighted by Gasteiger charge is 2.23. The molecule has 19 heavy (non-hydrogen) atoms. The monoisotopic (exact) mass is 267 g/mol. The molecular weight excluding hydrogens is 247 g/mol. The molecule has 1 aliphatic carbocycles. The standard InChI is InChI=1S/C17H20BS/c1-4-7-18-16-10-19-17-9-14-12(3)6-5-11(2)13(14)8-15(16)17/h4,7-12H,5-6H2,1-3H3/b7-4+. The average molecular weight is 267 g/mol. The Morgan fingerprint density at radius 3 is 2.53 bits per heavy atom. The molecule has 1 heterocycles. The maximum atomic E-state index is 2.46. The molecule has 97 valence electrons. The molecular formula is C17H20BS. The Bertz CT molecular complexity index is 623. The van der Waals surface area contributed by atoms with E-state index in [1.165, 1.54) is 28.4 Å². The van der Waals surface area contributed by atoms with Crippen molar-refractivity contribution in [3.8, 4) is 0 Å². The van der Waals surface area contributed by atoms with Crippen molar-refractivity contribution in [2.45, 2.75) is 45.4 Å². The van der Waals surface area contributed by atoms with Crippen LogP contribution in [0.15, 0.2) is 29.6 Å². The summed E-state index contributed by atoms with van der Waals surface area (Å²) in [6.07, 6.45) is 4.76. The lowest BCUT2D eigenvalue weighted by atomic mass is 9.69. The molecule has 0 saturated carbocycles. The molecule has 1 aliphatic rings. The lowest BCUT2D eigenvalue weighted by molar-refractivity contribution is 0.528. The van der Waals surface area contributed by atoms with Gasteiger partial charge in [0.15, 0.2) is 7.28 Å². The van der Waals surface area contributed by atoms with Gasteiger partial charge in [-0.05, 0) is 59.6 Å². The Labute approximate surface area is 120 Å². The van der Waals surface area contributed by atoms with Crippen molar-refractivity contribution < 1.29 is 0 Å². The minimum atomic E-state index is 0.713. The molecule has 2 aromatic rings. The average Bonchev–Trinajstić information content (AvgIpc) is 2.81. The highest BCUT2D eigenvalue weighted by molar-refractivity contribution is 7.18. The van der Waals surface area contributed by atoms with Gasteiger partial charge in [0, 0.05) is 4.70 Å². The van der Waals surface area contributed by atoms with E-state index in [2.05, 4.69) is 57.6 Å². The summed E-state index contributed by atoms with van der Waals surface area (Å²) in [6.45, 7) is 6.81. The SMILES string of the molecule is C/C=C/[B]c1csc2cc3c(cc12)C(C)CCC3C. The van der Waals surface area contributed by atoms with E-state index in [0.717, 1.165) is 5.92 Å². The molecule has 1 aromatic carbocycles. The van der Waals surface area contributed by atoms with E-state index in [1.54, 1.807) is 11.1 Å². The first-order chi connectivity index (χ1) is 9.20. The number of fused-ring (bicyclic) bond motifs is 2. The van der Waals surface area contributed by atoms with Crippen molar-refractivity contribution in [2.75, 3.05) is 0 Å². The summed E-state index contributed by atoms with van der Waals surface area (Å²) in [5, 5.41) is 3.72. The first kappa shape index (κ1) is 13.0. The van der Waals surface area contributed by atoms with Gasteiger partial charge >= 0.3 is 0 Å². The van der Waals surface area contributed by atoms with Crippen molar-refractivity contribution >= 4 is 34.2 Å². The van der Waals surface area contributed by atoms with Gasteiger partial charge < -0.3 is 0 Å². The van der Waals surface area contributed by atoms with E-state index < -0.39 is 0 Å². The number of benzene rings is 1. The van der Waals surface area contributed by atoms with Crippen LogP contribution in [0.3, 0.4) is 0 Å².